The van der Waals surface area contributed by atoms with Crippen LogP contribution in [0.4, 0.5) is 5.82 Å². The van der Waals surface area contributed by atoms with E-state index in [1.54, 1.807) is 18.1 Å². The molecule has 0 bridgehead atoms. The van der Waals surface area contributed by atoms with Gasteiger partial charge in [0.2, 0.25) is 0 Å². The maximum Gasteiger partial charge on any atom is 0.167 e. The van der Waals surface area contributed by atoms with Crippen LogP contribution >= 0.6 is 11.8 Å². The molecule has 2 aliphatic rings. The number of aromatic nitrogens is 2. The van der Waals surface area contributed by atoms with Gasteiger partial charge in [-0.3, -0.25) is 0 Å². The molecule has 104 valence electrons. The molecule has 1 aromatic rings. The molecule has 0 atom stereocenters. The SMILES string of the molecule is c1nc(SCC2OCCO2)cc(N2CCOCC2)n1. The van der Waals surface area contributed by atoms with E-state index in [4.69, 9.17) is 14.2 Å². The molecule has 6 nitrogen and oxygen atoms in total. The summed E-state index contributed by atoms with van der Waals surface area (Å²) in [5, 5.41) is 0.954. The van der Waals surface area contributed by atoms with Crippen LogP contribution in [0.2, 0.25) is 0 Å². The highest BCUT2D eigenvalue weighted by Crippen LogP contribution is 2.22. The number of ether oxygens (including phenoxy) is 3. The lowest BCUT2D eigenvalue weighted by Crippen LogP contribution is -2.36. The normalized spacial score (nSPS) is 20.9. The summed E-state index contributed by atoms with van der Waals surface area (Å²) in [5.41, 5.74) is 0. The van der Waals surface area contributed by atoms with E-state index < -0.39 is 0 Å². The Kier molecular flexibility index (Phi) is 4.49. The minimum atomic E-state index is -0.105. The summed E-state index contributed by atoms with van der Waals surface area (Å²) in [7, 11) is 0. The molecule has 7 heteroatoms. The van der Waals surface area contributed by atoms with Crippen molar-refractivity contribution in [3.63, 3.8) is 0 Å². The molecule has 1 aromatic heterocycles. The first-order valence-electron chi connectivity index (χ1n) is 6.42. The first-order chi connectivity index (χ1) is 9.42. The lowest BCUT2D eigenvalue weighted by molar-refractivity contribution is -0.0214. The van der Waals surface area contributed by atoms with E-state index in [0.29, 0.717) is 13.2 Å². The number of hydrogen-bond acceptors (Lipinski definition) is 7. The van der Waals surface area contributed by atoms with Crippen LogP contribution in [0.15, 0.2) is 17.4 Å². The average molecular weight is 283 g/mol. The number of anilines is 1. The zero-order chi connectivity index (χ0) is 12.9. The van der Waals surface area contributed by atoms with Crippen LogP contribution in [0.3, 0.4) is 0 Å². The molecule has 0 aliphatic carbocycles. The van der Waals surface area contributed by atoms with Gasteiger partial charge in [-0.2, -0.15) is 0 Å². The fraction of sp³-hybridized carbons (Fsp3) is 0.667. The van der Waals surface area contributed by atoms with Crippen LogP contribution in [0.25, 0.3) is 0 Å². The zero-order valence-corrected chi connectivity index (χ0v) is 11.5. The molecule has 19 heavy (non-hydrogen) atoms. The third-order valence-electron chi connectivity index (χ3n) is 3.02. The summed E-state index contributed by atoms with van der Waals surface area (Å²) in [6.45, 7) is 4.67. The molecule has 3 rings (SSSR count). The molecule has 2 fully saturated rings. The molecule has 0 radical (unpaired) electrons. The fourth-order valence-electron chi connectivity index (χ4n) is 2.03. The van der Waals surface area contributed by atoms with Crippen molar-refractivity contribution in [1.82, 2.24) is 9.97 Å². The third kappa shape index (κ3) is 3.56. The van der Waals surface area contributed by atoms with Crippen molar-refractivity contribution >= 4 is 17.6 Å². The Bertz CT molecular complexity index is 409. The van der Waals surface area contributed by atoms with Gasteiger partial charge in [0.05, 0.1) is 32.2 Å². The van der Waals surface area contributed by atoms with Gasteiger partial charge >= 0.3 is 0 Å². The van der Waals surface area contributed by atoms with E-state index in [-0.39, 0.29) is 6.29 Å². The Labute approximate surface area is 116 Å². The van der Waals surface area contributed by atoms with Crippen molar-refractivity contribution in [3.05, 3.63) is 12.4 Å². The molecule has 2 saturated heterocycles. The average Bonchev–Trinajstić information content (AvgIpc) is 3.00. The lowest BCUT2D eigenvalue weighted by Gasteiger charge is -2.27. The Morgan fingerprint density at radius 1 is 1.16 bits per heavy atom. The predicted molar refractivity (Wildman–Crippen MR) is 71.5 cm³/mol. The molecule has 0 aromatic carbocycles. The van der Waals surface area contributed by atoms with Crippen molar-refractivity contribution in [2.24, 2.45) is 0 Å². The highest BCUT2D eigenvalue weighted by Gasteiger charge is 2.17. The van der Waals surface area contributed by atoms with Crippen molar-refractivity contribution in [2.45, 2.75) is 11.3 Å². The smallest absolute Gasteiger partial charge is 0.167 e. The van der Waals surface area contributed by atoms with Crippen molar-refractivity contribution in [1.29, 1.82) is 0 Å². The van der Waals surface area contributed by atoms with Gasteiger partial charge in [0, 0.05) is 19.2 Å². The Morgan fingerprint density at radius 3 is 2.74 bits per heavy atom. The Hall–Kier alpha value is -0.890. The number of rotatable bonds is 4. The van der Waals surface area contributed by atoms with E-state index in [0.717, 1.165) is 42.9 Å². The minimum absolute atomic E-state index is 0.105. The first kappa shape index (κ1) is 13.1. The highest BCUT2D eigenvalue weighted by molar-refractivity contribution is 7.99. The molecule has 2 aliphatic heterocycles. The molecule has 0 saturated carbocycles. The second-order valence-corrected chi connectivity index (χ2v) is 5.34. The van der Waals surface area contributed by atoms with Crippen LogP contribution in [0.5, 0.6) is 0 Å². The van der Waals surface area contributed by atoms with Crippen LogP contribution in [-0.2, 0) is 14.2 Å². The van der Waals surface area contributed by atoms with E-state index in [1.165, 1.54) is 0 Å². The van der Waals surface area contributed by atoms with Crippen LogP contribution in [-0.4, -0.2) is 61.5 Å². The fourth-order valence-corrected chi connectivity index (χ4v) is 2.84. The van der Waals surface area contributed by atoms with E-state index in [1.807, 2.05) is 6.07 Å². The Balaban J connectivity index is 1.58. The maximum absolute atomic E-state index is 5.41. The van der Waals surface area contributed by atoms with Crippen LogP contribution < -0.4 is 4.90 Å². The summed E-state index contributed by atoms with van der Waals surface area (Å²) in [6, 6.07) is 2.02. The summed E-state index contributed by atoms with van der Waals surface area (Å²) in [5.74, 6) is 1.73. The minimum Gasteiger partial charge on any atom is -0.378 e. The summed E-state index contributed by atoms with van der Waals surface area (Å²) in [4.78, 5) is 10.8. The predicted octanol–water partition coefficient (Wildman–Crippen LogP) is 0.778. The van der Waals surface area contributed by atoms with E-state index in [9.17, 15) is 0 Å². The van der Waals surface area contributed by atoms with Crippen LogP contribution in [0.1, 0.15) is 0 Å². The first-order valence-corrected chi connectivity index (χ1v) is 7.41. The van der Waals surface area contributed by atoms with Crippen molar-refractivity contribution in [2.75, 3.05) is 50.2 Å². The second-order valence-electron chi connectivity index (χ2n) is 4.30. The number of thioether (sulfide) groups is 1. The van der Waals surface area contributed by atoms with Gasteiger partial charge in [-0.05, 0) is 0 Å². The number of morpholine rings is 1. The molecule has 0 spiro atoms. The van der Waals surface area contributed by atoms with Crippen molar-refractivity contribution < 1.29 is 14.2 Å². The topological polar surface area (TPSA) is 56.7 Å². The number of hydrogen-bond donors (Lipinski definition) is 0. The van der Waals surface area contributed by atoms with Crippen LogP contribution in [0, 0.1) is 0 Å². The molecular weight excluding hydrogens is 266 g/mol. The lowest BCUT2D eigenvalue weighted by atomic mass is 10.4. The highest BCUT2D eigenvalue weighted by atomic mass is 32.2. The largest absolute Gasteiger partial charge is 0.378 e. The molecule has 0 amide bonds. The molecule has 0 unspecified atom stereocenters. The monoisotopic (exact) mass is 283 g/mol. The zero-order valence-electron chi connectivity index (χ0n) is 10.7. The molecular formula is C12H17N3O3S. The van der Waals surface area contributed by atoms with E-state index >= 15 is 0 Å². The van der Waals surface area contributed by atoms with Gasteiger partial charge in [-0.1, -0.05) is 0 Å². The van der Waals surface area contributed by atoms with Gasteiger partial charge in [0.25, 0.3) is 0 Å². The van der Waals surface area contributed by atoms with E-state index in [2.05, 4.69) is 14.9 Å². The summed E-state index contributed by atoms with van der Waals surface area (Å²) < 4.78 is 16.2. The van der Waals surface area contributed by atoms with Gasteiger partial charge in [-0.15, -0.1) is 11.8 Å². The summed E-state index contributed by atoms with van der Waals surface area (Å²) in [6.07, 6.45) is 1.51. The second kappa shape index (κ2) is 6.51. The summed E-state index contributed by atoms with van der Waals surface area (Å²) >= 11 is 1.64. The van der Waals surface area contributed by atoms with Gasteiger partial charge < -0.3 is 19.1 Å². The standard InChI is InChI=1S/C12H17N3O3S/c1-3-16-4-2-15(1)10-7-11(14-9-13-10)19-8-12-17-5-6-18-12/h7,9,12H,1-6,8H2. The quantitative estimate of drug-likeness (QED) is 0.598. The molecule has 3 heterocycles. The Morgan fingerprint density at radius 2 is 1.95 bits per heavy atom. The third-order valence-corrected chi connectivity index (χ3v) is 3.98. The van der Waals surface area contributed by atoms with Gasteiger partial charge in [-0.25, -0.2) is 9.97 Å². The van der Waals surface area contributed by atoms with Crippen molar-refractivity contribution in [3.8, 4) is 0 Å². The molecule has 0 N–H and O–H groups in total. The number of nitrogens with zero attached hydrogens (tertiary/aromatic N) is 3. The maximum atomic E-state index is 5.41. The van der Waals surface area contributed by atoms with Gasteiger partial charge in [0.1, 0.15) is 17.2 Å². The van der Waals surface area contributed by atoms with Gasteiger partial charge in [0.15, 0.2) is 6.29 Å².